The molecule has 2 aliphatic rings. The average molecular weight is 1370 g/mol. The molecule has 4 nitrogen and oxygen atoms in total. The molecule has 0 amide bonds. The van der Waals surface area contributed by atoms with E-state index in [9.17, 15) is 2.74 Å². The molecule has 4 heterocycles. The van der Waals surface area contributed by atoms with Gasteiger partial charge in [0.1, 0.15) is 0 Å². The molecule has 0 radical (unpaired) electrons. The summed E-state index contributed by atoms with van der Waals surface area (Å²) < 4.78 is 26.4. The maximum absolute atomic E-state index is 10.7. The van der Waals surface area contributed by atoms with E-state index in [1.807, 2.05) is 0 Å². The van der Waals surface area contributed by atoms with Gasteiger partial charge in [-0.3, -0.25) is 0 Å². The Labute approximate surface area is 625 Å². The van der Waals surface area contributed by atoms with Crippen LogP contribution in [0.4, 0.5) is 34.1 Å². The molecular formula is C99H109BN4. The van der Waals surface area contributed by atoms with Gasteiger partial charge >= 0.3 is 0 Å². The van der Waals surface area contributed by atoms with Crippen LogP contribution in [0.3, 0.4) is 0 Å². The summed E-state index contributed by atoms with van der Waals surface area (Å²) in [6.45, 7) is 47.8. The van der Waals surface area contributed by atoms with Crippen LogP contribution >= 0.6 is 0 Å². The van der Waals surface area contributed by atoms with Gasteiger partial charge in [-0.15, -0.1) is 0 Å². The molecular weight excluding hydrogens is 1260 g/mol. The van der Waals surface area contributed by atoms with E-state index >= 15 is 0 Å². The number of aromatic nitrogens is 2. The lowest BCUT2D eigenvalue weighted by Gasteiger charge is -2.45. The van der Waals surface area contributed by atoms with Crippen molar-refractivity contribution in [2.24, 2.45) is 27.1 Å². The summed E-state index contributed by atoms with van der Waals surface area (Å²) in [6, 6.07) is 84.3. The largest absolute Gasteiger partial charge is 0.311 e. The van der Waals surface area contributed by atoms with E-state index in [4.69, 9.17) is 0 Å². The van der Waals surface area contributed by atoms with Crippen molar-refractivity contribution < 1.29 is 2.74 Å². The summed E-state index contributed by atoms with van der Waals surface area (Å²) in [7, 11) is 0. The molecule has 528 valence electrons. The first-order chi connectivity index (χ1) is 49.7. The van der Waals surface area contributed by atoms with Gasteiger partial charge in [0.25, 0.3) is 6.71 Å². The van der Waals surface area contributed by atoms with E-state index in [1.165, 1.54) is 87.9 Å². The number of hydrogen-bond donors (Lipinski definition) is 0. The van der Waals surface area contributed by atoms with Crippen LogP contribution in [0.2, 0.25) is 0 Å². The maximum Gasteiger partial charge on any atom is 0.252 e. The topological polar surface area (TPSA) is 16.3 Å². The van der Waals surface area contributed by atoms with Gasteiger partial charge in [-0.05, 0) is 246 Å². The van der Waals surface area contributed by atoms with E-state index < -0.39 is 11.8 Å². The Kier molecular flexibility index (Phi) is 16.4. The van der Waals surface area contributed by atoms with E-state index in [2.05, 4.69) is 383 Å². The molecule has 0 saturated heterocycles. The van der Waals surface area contributed by atoms with Crippen molar-refractivity contribution in [3.05, 3.63) is 257 Å². The molecule has 2 aliphatic heterocycles. The molecule has 0 N–H and O–H groups in total. The summed E-state index contributed by atoms with van der Waals surface area (Å²) in [5, 5.41) is 5.04. The highest BCUT2D eigenvalue weighted by molar-refractivity contribution is 7.00. The molecule has 0 spiro atoms. The molecule has 104 heavy (non-hydrogen) atoms. The van der Waals surface area contributed by atoms with Crippen LogP contribution in [0.1, 0.15) is 187 Å². The number of nitrogens with zero attached hydrogens (tertiary/aromatic N) is 4. The van der Waals surface area contributed by atoms with Crippen molar-refractivity contribution in [1.29, 1.82) is 0 Å². The Balaban J connectivity index is 1.09. The van der Waals surface area contributed by atoms with Gasteiger partial charge in [-0.25, -0.2) is 0 Å². The minimum atomic E-state index is -1.83. The minimum Gasteiger partial charge on any atom is -0.311 e. The van der Waals surface area contributed by atoms with Crippen molar-refractivity contribution in [3.8, 4) is 33.6 Å². The maximum atomic E-state index is 10.7. The third kappa shape index (κ3) is 13.6. The zero-order valence-electron chi connectivity index (χ0n) is 68.0. The van der Waals surface area contributed by atoms with Gasteiger partial charge in [-0.1, -0.05) is 255 Å². The summed E-state index contributed by atoms with van der Waals surface area (Å²) in [5.74, 6) is 0. The fraction of sp³-hybridized carbons (Fsp3) is 0.333. The molecule has 2 aromatic heterocycles. The van der Waals surface area contributed by atoms with Crippen LogP contribution in [0, 0.1) is 27.1 Å². The second kappa shape index (κ2) is 25.2. The fourth-order valence-corrected chi connectivity index (χ4v) is 17.0. The number of benzene rings is 11. The van der Waals surface area contributed by atoms with Gasteiger partial charge in [0.15, 0.2) is 0 Å². The highest BCUT2D eigenvalue weighted by Crippen LogP contribution is 2.52. The molecule has 11 aromatic carbocycles. The van der Waals surface area contributed by atoms with Crippen LogP contribution < -0.4 is 26.2 Å². The molecule has 15 rings (SSSR count). The van der Waals surface area contributed by atoms with Gasteiger partial charge < -0.3 is 18.9 Å². The summed E-state index contributed by atoms with van der Waals surface area (Å²) in [6.07, 6.45) is 2.03. The third-order valence-electron chi connectivity index (χ3n) is 21.2. The van der Waals surface area contributed by atoms with E-state index in [-0.39, 0.29) is 39.2 Å². The number of hydrogen-bond acceptors (Lipinski definition) is 2. The van der Waals surface area contributed by atoms with Gasteiger partial charge in [0.05, 0.1) is 33.4 Å². The van der Waals surface area contributed by atoms with Crippen LogP contribution in [-0.2, 0) is 42.9 Å². The Bertz CT molecular complexity index is 5140. The first-order valence-corrected chi connectivity index (χ1v) is 38.3. The van der Waals surface area contributed by atoms with Gasteiger partial charge in [0.2, 0.25) is 0 Å². The molecule has 13 aromatic rings. The predicted molar refractivity (Wildman–Crippen MR) is 453 cm³/mol. The molecule has 0 fully saturated rings. The number of rotatable bonds is 11. The molecule has 0 aliphatic carbocycles. The Morgan fingerprint density at radius 2 is 0.615 bits per heavy atom. The van der Waals surface area contributed by atoms with Crippen molar-refractivity contribution in [3.63, 3.8) is 0 Å². The van der Waals surface area contributed by atoms with E-state index in [0.717, 1.165) is 98.9 Å². The van der Waals surface area contributed by atoms with E-state index in [1.54, 1.807) is 0 Å². The van der Waals surface area contributed by atoms with Crippen molar-refractivity contribution in [1.82, 2.24) is 9.13 Å². The highest BCUT2D eigenvalue weighted by Gasteiger charge is 2.45. The minimum absolute atomic E-state index is 0.104. The van der Waals surface area contributed by atoms with Crippen LogP contribution in [0.25, 0.3) is 77.2 Å². The van der Waals surface area contributed by atoms with Gasteiger partial charge in [-0.2, -0.15) is 0 Å². The monoisotopic (exact) mass is 1370 g/mol. The zero-order chi connectivity index (χ0) is 75.5. The number of anilines is 6. The van der Waals surface area contributed by atoms with Crippen LogP contribution in [0.15, 0.2) is 218 Å². The van der Waals surface area contributed by atoms with Crippen LogP contribution in [0.5, 0.6) is 0 Å². The summed E-state index contributed by atoms with van der Waals surface area (Å²) >= 11 is 0. The molecule has 0 bridgehead atoms. The van der Waals surface area contributed by atoms with Crippen LogP contribution in [-0.4, -0.2) is 15.8 Å². The molecule has 0 unspecified atom stereocenters. The molecule has 0 atom stereocenters. The SMILES string of the molecule is [2H]C([2H])(c1cc2c3c(c1)N(c1ccc(C(C)(C)C)cc1-c1ccccc1)c1cc(-n4c5ccc(CC(C)(C)C)cc5c5cc(CC(C)(C)C)ccc54)ccc1B3c1ccc(-n3c4ccc(CC(C)(C)C)cc4c4cc(CC(C)(C)C)ccc43)cc1N2c1ccc(C(C)(C)C)cc1-c1ccccc1)C(C)(C)C. The smallest absolute Gasteiger partial charge is 0.252 e. The lowest BCUT2D eigenvalue weighted by molar-refractivity contribution is 0.411. The second-order valence-corrected chi connectivity index (χ2v) is 38.6. The highest BCUT2D eigenvalue weighted by atomic mass is 15.2. The normalized spacial score (nSPS) is 14.2. The quantitative estimate of drug-likeness (QED) is 0.120. The van der Waals surface area contributed by atoms with E-state index in [0.29, 0.717) is 5.56 Å². The Hall–Kier alpha value is -9.32. The zero-order valence-corrected chi connectivity index (χ0v) is 66.0. The molecule has 5 heteroatoms. The van der Waals surface area contributed by atoms with Crippen molar-refractivity contribution in [2.75, 3.05) is 9.80 Å². The first kappa shape index (κ1) is 67.8. The first-order valence-electron chi connectivity index (χ1n) is 39.3. The number of fused-ring (bicyclic) bond motifs is 10. The van der Waals surface area contributed by atoms with Gasteiger partial charge in [0, 0.05) is 69.5 Å². The fourth-order valence-electron chi connectivity index (χ4n) is 17.0. The lowest BCUT2D eigenvalue weighted by Crippen LogP contribution is -2.61. The van der Waals surface area contributed by atoms with Crippen molar-refractivity contribution >= 4 is 101 Å². The predicted octanol–water partition coefficient (Wildman–Crippen LogP) is 25.8. The molecule has 0 saturated carbocycles. The average Bonchev–Trinajstić information content (AvgIpc) is 0.706. The summed E-state index contributed by atoms with van der Waals surface area (Å²) in [5.41, 5.74) is 28.6. The Morgan fingerprint density at radius 1 is 0.288 bits per heavy atom. The lowest BCUT2D eigenvalue weighted by atomic mass is 9.33. The second-order valence-electron chi connectivity index (χ2n) is 38.6. The third-order valence-corrected chi connectivity index (χ3v) is 21.2. The Morgan fingerprint density at radius 3 is 0.913 bits per heavy atom. The van der Waals surface area contributed by atoms with Crippen molar-refractivity contribution in [2.45, 2.75) is 188 Å². The standard InChI is InChI=1S/C99H109BN4/c1-93(2,3)58-63-32-42-84-76(48-63)77-49-64(59-94(4,5)6)33-43-85(77)101(84)72-38-40-80-88(56-72)103(82-46-36-70(98(16,17)18)54-74(82)68-28-24-22-25-29-68)90-52-67(62-97(13,14)15)53-91-92(90)100(80)81-41-39-73(57-89(81)104(91)83-47-37-71(99(19,20)21)55-75(83)69-30-26-23-27-31-69)102-86-44-34-65(60-95(7,8)9)50-78(86)79-51-66(35-45-87(79)102)61-96(10,11)12/h22-57H,58-62H2,1-21H3/i62D2. The summed E-state index contributed by atoms with van der Waals surface area (Å²) in [4.78, 5) is 5.11.